The number of nitrogens with zero attached hydrogens (tertiary/aromatic N) is 4. The van der Waals surface area contributed by atoms with Crippen LogP contribution in [0.1, 0.15) is 11.1 Å². The van der Waals surface area contributed by atoms with Crippen molar-refractivity contribution in [2.24, 2.45) is 0 Å². The summed E-state index contributed by atoms with van der Waals surface area (Å²) in [5, 5.41) is 13.3. The average molecular weight is 405 g/mol. The maximum atomic E-state index is 14.1. The number of anilines is 2. The smallest absolute Gasteiger partial charge is 0.149 e. The van der Waals surface area contributed by atoms with Crippen LogP contribution in [0.25, 0.3) is 22.0 Å². The summed E-state index contributed by atoms with van der Waals surface area (Å²) in [7, 11) is 0. The molecule has 0 saturated carbocycles. The number of hydrogen-bond donors (Lipinski definition) is 2. The Hall–Kier alpha value is -3.76. The largest absolute Gasteiger partial charge is 0.382 e. The Labute approximate surface area is 170 Å². The first kappa shape index (κ1) is 18.6. The molecule has 0 bridgehead atoms. The fourth-order valence-corrected chi connectivity index (χ4v) is 3.42. The third-order valence-corrected chi connectivity index (χ3v) is 4.75. The maximum absolute atomic E-state index is 14.1. The fraction of sp³-hybridized carbons (Fsp3) is 0.0476. The van der Waals surface area contributed by atoms with Crippen molar-refractivity contribution in [2.75, 3.05) is 11.1 Å². The van der Waals surface area contributed by atoms with E-state index >= 15 is 0 Å². The predicted octanol–water partition coefficient (Wildman–Crippen LogP) is 4.55. The molecule has 0 aliphatic heterocycles. The molecule has 142 valence electrons. The molecular weight excluding hydrogens is 391 g/mol. The van der Waals surface area contributed by atoms with Gasteiger partial charge in [-0.05, 0) is 28.8 Å². The molecule has 4 rings (SSSR count). The van der Waals surface area contributed by atoms with Crippen molar-refractivity contribution in [1.29, 1.82) is 5.26 Å². The minimum atomic E-state index is -0.443. The first-order valence-electron chi connectivity index (χ1n) is 8.65. The summed E-state index contributed by atoms with van der Waals surface area (Å²) in [4.78, 5) is 12.3. The highest BCUT2D eigenvalue weighted by Crippen LogP contribution is 2.35. The van der Waals surface area contributed by atoms with E-state index in [0.29, 0.717) is 16.7 Å². The van der Waals surface area contributed by atoms with Gasteiger partial charge >= 0.3 is 0 Å². The number of halogens is 2. The van der Waals surface area contributed by atoms with Crippen LogP contribution in [0.5, 0.6) is 0 Å². The van der Waals surface area contributed by atoms with Crippen molar-refractivity contribution in [3.63, 3.8) is 0 Å². The van der Waals surface area contributed by atoms with Gasteiger partial charge in [-0.3, -0.25) is 4.98 Å². The molecule has 0 radical (unpaired) electrons. The summed E-state index contributed by atoms with van der Waals surface area (Å²) in [5.74, 6) is -0.0305. The number of aromatic nitrogens is 3. The highest BCUT2D eigenvalue weighted by atomic mass is 35.5. The molecule has 2 heterocycles. The summed E-state index contributed by atoms with van der Waals surface area (Å²) in [6, 6.07) is 14.2. The Morgan fingerprint density at radius 2 is 1.93 bits per heavy atom. The third kappa shape index (κ3) is 3.53. The van der Waals surface area contributed by atoms with E-state index < -0.39 is 5.82 Å². The number of nitriles is 1. The lowest BCUT2D eigenvalue weighted by Gasteiger charge is -2.15. The molecule has 2 aromatic heterocycles. The molecule has 0 atom stereocenters. The molecule has 0 fully saturated rings. The zero-order chi connectivity index (χ0) is 20.4. The van der Waals surface area contributed by atoms with E-state index in [-0.39, 0.29) is 22.9 Å². The molecular formula is C21H14ClFN6. The van der Waals surface area contributed by atoms with E-state index in [1.807, 2.05) is 36.4 Å². The van der Waals surface area contributed by atoms with Crippen molar-refractivity contribution in [3.05, 3.63) is 77.0 Å². The number of benzene rings is 2. The van der Waals surface area contributed by atoms with Crippen LogP contribution in [0.4, 0.5) is 16.0 Å². The minimum absolute atomic E-state index is 0.0961. The Bertz CT molecular complexity index is 1250. The minimum Gasteiger partial charge on any atom is -0.382 e. The molecule has 0 aliphatic carbocycles. The van der Waals surface area contributed by atoms with Gasteiger partial charge in [0.25, 0.3) is 0 Å². The molecule has 0 spiro atoms. The number of nitrogens with one attached hydrogen (secondary N) is 1. The van der Waals surface area contributed by atoms with Crippen LogP contribution in [0.3, 0.4) is 0 Å². The van der Waals surface area contributed by atoms with Crippen molar-refractivity contribution in [2.45, 2.75) is 6.54 Å². The molecule has 8 heteroatoms. The average Bonchev–Trinajstić information content (AvgIpc) is 2.72. The molecule has 0 aliphatic rings. The van der Waals surface area contributed by atoms with E-state index in [4.69, 9.17) is 17.3 Å². The molecule has 3 N–H and O–H groups in total. The van der Waals surface area contributed by atoms with E-state index in [2.05, 4.69) is 20.3 Å². The van der Waals surface area contributed by atoms with Crippen LogP contribution in [-0.4, -0.2) is 15.0 Å². The van der Waals surface area contributed by atoms with Gasteiger partial charge in [0.05, 0.1) is 10.5 Å². The first-order chi connectivity index (χ1) is 14.1. The van der Waals surface area contributed by atoms with Gasteiger partial charge in [0.2, 0.25) is 0 Å². The Balaban J connectivity index is 1.85. The lowest BCUT2D eigenvalue weighted by molar-refractivity contribution is 0.629. The van der Waals surface area contributed by atoms with Gasteiger partial charge in [0.1, 0.15) is 35.4 Å². The lowest BCUT2D eigenvalue weighted by Crippen LogP contribution is -2.08. The quantitative estimate of drug-likeness (QED) is 0.517. The van der Waals surface area contributed by atoms with Crippen LogP contribution in [-0.2, 0) is 6.54 Å². The van der Waals surface area contributed by atoms with Gasteiger partial charge in [0.15, 0.2) is 0 Å². The molecule has 0 amide bonds. The summed E-state index contributed by atoms with van der Waals surface area (Å²) in [6.07, 6.45) is 2.96. The van der Waals surface area contributed by atoms with E-state index in [1.54, 1.807) is 6.20 Å². The Morgan fingerprint density at radius 1 is 1.14 bits per heavy atom. The number of nitrogen functional groups attached to an aromatic ring is 1. The predicted molar refractivity (Wildman–Crippen MR) is 111 cm³/mol. The summed E-state index contributed by atoms with van der Waals surface area (Å²) < 4.78 is 14.1. The standard InChI is InChI=1S/C21H14ClFN6/c22-17-7-14(23)6-15-18(12-4-2-1-3-5-12)13(9-26-19(15)17)10-27-21-16(8-24)20(25)28-11-29-21/h1-7,9,11H,10H2,(H3,25,27,28,29). The lowest BCUT2D eigenvalue weighted by atomic mass is 9.96. The monoisotopic (exact) mass is 404 g/mol. The highest BCUT2D eigenvalue weighted by Gasteiger charge is 2.15. The molecule has 2 aromatic carbocycles. The van der Waals surface area contributed by atoms with Crippen molar-refractivity contribution < 1.29 is 4.39 Å². The third-order valence-electron chi connectivity index (χ3n) is 4.47. The van der Waals surface area contributed by atoms with Crippen LogP contribution in [0.15, 0.2) is 55.0 Å². The zero-order valence-electron chi connectivity index (χ0n) is 15.0. The van der Waals surface area contributed by atoms with Gasteiger partial charge in [-0.1, -0.05) is 41.9 Å². The van der Waals surface area contributed by atoms with Gasteiger partial charge < -0.3 is 11.1 Å². The van der Waals surface area contributed by atoms with Crippen LogP contribution in [0, 0.1) is 17.1 Å². The highest BCUT2D eigenvalue weighted by molar-refractivity contribution is 6.35. The summed E-state index contributed by atoms with van der Waals surface area (Å²) >= 11 is 6.22. The van der Waals surface area contributed by atoms with Crippen LogP contribution >= 0.6 is 11.6 Å². The number of rotatable bonds is 4. The fourth-order valence-electron chi connectivity index (χ4n) is 3.17. The van der Waals surface area contributed by atoms with Gasteiger partial charge in [-0.25, -0.2) is 14.4 Å². The Morgan fingerprint density at radius 3 is 2.69 bits per heavy atom. The molecule has 0 saturated heterocycles. The second kappa shape index (κ2) is 7.70. The van der Waals surface area contributed by atoms with Gasteiger partial charge in [0, 0.05) is 18.1 Å². The van der Waals surface area contributed by atoms with Crippen molar-refractivity contribution >= 4 is 34.1 Å². The maximum Gasteiger partial charge on any atom is 0.149 e. The van der Waals surface area contributed by atoms with Crippen molar-refractivity contribution in [1.82, 2.24) is 15.0 Å². The Kier molecular flexibility index (Phi) is 4.94. The van der Waals surface area contributed by atoms with Gasteiger partial charge in [-0.15, -0.1) is 0 Å². The van der Waals surface area contributed by atoms with E-state index in [9.17, 15) is 9.65 Å². The first-order valence-corrected chi connectivity index (χ1v) is 9.02. The zero-order valence-corrected chi connectivity index (χ0v) is 15.8. The number of hydrogen-bond acceptors (Lipinski definition) is 6. The SMILES string of the molecule is N#Cc1c(N)ncnc1NCc1cnc2c(Cl)cc(F)cc2c1-c1ccccc1. The topological polar surface area (TPSA) is 101 Å². The number of pyridine rings is 1. The number of nitrogens with two attached hydrogens (primary N) is 1. The van der Waals surface area contributed by atoms with E-state index in [1.165, 1.54) is 18.5 Å². The van der Waals surface area contributed by atoms with Crippen LogP contribution < -0.4 is 11.1 Å². The second-order valence-electron chi connectivity index (χ2n) is 6.26. The van der Waals surface area contributed by atoms with Crippen molar-refractivity contribution in [3.8, 4) is 17.2 Å². The normalized spacial score (nSPS) is 10.7. The van der Waals surface area contributed by atoms with Crippen LogP contribution in [0.2, 0.25) is 5.02 Å². The number of fused-ring (bicyclic) bond motifs is 1. The summed E-state index contributed by atoms with van der Waals surface area (Å²) in [6.45, 7) is 0.284. The molecule has 6 nitrogen and oxygen atoms in total. The summed E-state index contributed by atoms with van der Waals surface area (Å²) in [5.41, 5.74) is 8.89. The molecule has 0 unspecified atom stereocenters. The van der Waals surface area contributed by atoms with E-state index in [0.717, 1.165) is 16.7 Å². The second-order valence-corrected chi connectivity index (χ2v) is 6.66. The molecule has 29 heavy (non-hydrogen) atoms. The van der Waals surface area contributed by atoms with Gasteiger partial charge in [-0.2, -0.15) is 5.26 Å². The molecule has 4 aromatic rings.